The van der Waals surface area contributed by atoms with Crippen molar-refractivity contribution in [1.29, 1.82) is 5.26 Å². The Bertz CT molecular complexity index is 1410. The van der Waals surface area contributed by atoms with Crippen LogP contribution in [-0.4, -0.2) is 48.5 Å². The lowest BCUT2D eigenvalue weighted by Crippen LogP contribution is -2.51. The summed E-state index contributed by atoms with van der Waals surface area (Å²) in [5.74, 6) is -0.886. The number of amides is 2. The van der Waals surface area contributed by atoms with Crippen molar-refractivity contribution in [3.05, 3.63) is 63.1 Å². The van der Waals surface area contributed by atoms with Crippen LogP contribution in [0.1, 0.15) is 37.7 Å². The van der Waals surface area contributed by atoms with Crippen LogP contribution in [0.15, 0.2) is 47.4 Å². The molecule has 2 aromatic carbocycles. The molecule has 1 saturated heterocycles. The van der Waals surface area contributed by atoms with Gasteiger partial charge in [0.25, 0.3) is 0 Å². The van der Waals surface area contributed by atoms with Gasteiger partial charge in [0.2, 0.25) is 11.8 Å². The molecule has 188 valence electrons. The third kappa shape index (κ3) is 4.26. The highest BCUT2D eigenvalue weighted by molar-refractivity contribution is 7.92. The predicted octanol–water partition coefficient (Wildman–Crippen LogP) is 4.29. The van der Waals surface area contributed by atoms with Crippen molar-refractivity contribution in [2.75, 3.05) is 6.54 Å². The maximum Gasteiger partial charge on any atom is 0.244 e. The predicted molar refractivity (Wildman–Crippen MR) is 136 cm³/mol. The third-order valence-corrected chi connectivity index (χ3v) is 10.5. The zero-order valence-electron chi connectivity index (χ0n) is 19.0. The van der Waals surface area contributed by atoms with Crippen LogP contribution in [0.5, 0.6) is 0 Å². The Labute approximate surface area is 224 Å². The molecular weight excluding hydrogens is 545 g/mol. The highest BCUT2D eigenvalue weighted by atomic mass is 35.5. The average Bonchev–Trinajstić information content (AvgIpc) is 3.75. The molecule has 2 atom stereocenters. The average molecular weight is 567 g/mol. The first-order valence-electron chi connectivity index (χ1n) is 11.5. The van der Waals surface area contributed by atoms with Gasteiger partial charge in [0.05, 0.1) is 26.7 Å². The molecule has 2 aliphatic carbocycles. The molecule has 2 amide bonds. The molecule has 1 aliphatic heterocycles. The van der Waals surface area contributed by atoms with E-state index in [2.05, 4.69) is 11.4 Å². The summed E-state index contributed by atoms with van der Waals surface area (Å²) < 4.78 is 27.1. The molecular formula is C25H22Cl3N3O4S. The van der Waals surface area contributed by atoms with E-state index in [4.69, 9.17) is 34.8 Å². The molecule has 3 aliphatic rings. The van der Waals surface area contributed by atoms with Crippen molar-refractivity contribution in [3.63, 3.8) is 0 Å². The molecule has 1 N–H and O–H groups in total. The molecule has 1 heterocycles. The minimum atomic E-state index is -3.95. The summed E-state index contributed by atoms with van der Waals surface area (Å²) in [4.78, 5) is 28.6. The molecule has 0 radical (unpaired) electrons. The number of nitriles is 1. The molecule has 2 saturated carbocycles. The van der Waals surface area contributed by atoms with Crippen molar-refractivity contribution >= 4 is 56.5 Å². The molecule has 36 heavy (non-hydrogen) atoms. The Morgan fingerprint density at radius 3 is 2.31 bits per heavy atom. The number of carbonyl (C=O) groups is 2. The number of sulfone groups is 1. The topological polar surface area (TPSA) is 107 Å². The Balaban J connectivity index is 1.50. The number of nitrogens with zero attached hydrogens (tertiary/aromatic N) is 2. The minimum absolute atomic E-state index is 0.0392. The van der Waals surface area contributed by atoms with Crippen LogP contribution in [0.4, 0.5) is 0 Å². The second-order valence-electron chi connectivity index (χ2n) is 9.70. The zero-order chi connectivity index (χ0) is 25.9. The summed E-state index contributed by atoms with van der Waals surface area (Å²) in [6.45, 7) is -0.170. The highest BCUT2D eigenvalue weighted by Crippen LogP contribution is 2.53. The molecule has 7 nitrogen and oxygen atoms in total. The highest BCUT2D eigenvalue weighted by Gasteiger charge is 2.58. The van der Waals surface area contributed by atoms with E-state index in [1.807, 2.05) is 0 Å². The van der Waals surface area contributed by atoms with Gasteiger partial charge < -0.3 is 10.2 Å². The Morgan fingerprint density at radius 1 is 1.03 bits per heavy atom. The first kappa shape index (κ1) is 25.3. The first-order chi connectivity index (χ1) is 17.0. The fraction of sp³-hybridized carbons (Fsp3) is 0.400. The van der Waals surface area contributed by atoms with Gasteiger partial charge in [-0.1, -0.05) is 53.0 Å². The van der Waals surface area contributed by atoms with Crippen LogP contribution >= 0.6 is 34.8 Å². The molecule has 0 spiro atoms. The van der Waals surface area contributed by atoms with Crippen molar-refractivity contribution in [2.24, 2.45) is 0 Å². The standard InChI is InChI=1S/C25H22Cl3N3O4S/c26-15-5-6-17(19(28)11-15)25(9-10-25)23(33)31-13-16(36(34,35)21-4-2-1-3-18(21)27)12-20(31)22(32)30-24(14-29)7-8-24/h1-6,11,16,20H,7-10,12-13H2,(H,30,32)/t16-,20+/m1/s1. The van der Waals surface area contributed by atoms with Crippen LogP contribution in [0.3, 0.4) is 0 Å². The molecule has 3 fully saturated rings. The molecule has 2 aromatic rings. The van der Waals surface area contributed by atoms with Crippen LogP contribution in [-0.2, 0) is 24.8 Å². The summed E-state index contributed by atoms with van der Waals surface area (Å²) in [5.41, 5.74) is -1.30. The van der Waals surface area contributed by atoms with E-state index in [9.17, 15) is 23.3 Å². The monoisotopic (exact) mass is 565 g/mol. The lowest BCUT2D eigenvalue weighted by atomic mass is 9.93. The van der Waals surface area contributed by atoms with E-state index in [1.54, 1.807) is 30.3 Å². The van der Waals surface area contributed by atoms with E-state index in [0.717, 1.165) is 0 Å². The summed E-state index contributed by atoms with van der Waals surface area (Å²) in [6.07, 6.45) is 1.96. The number of likely N-dealkylation sites (tertiary alicyclic amines) is 1. The maximum atomic E-state index is 14.0. The summed E-state index contributed by atoms with van der Waals surface area (Å²) in [6, 6.07) is 12.1. The number of halogens is 3. The van der Waals surface area contributed by atoms with Gasteiger partial charge in [-0.05, 0) is 61.9 Å². The van der Waals surface area contributed by atoms with Crippen molar-refractivity contribution < 1.29 is 18.0 Å². The zero-order valence-corrected chi connectivity index (χ0v) is 22.1. The molecule has 11 heteroatoms. The lowest BCUT2D eigenvalue weighted by Gasteiger charge is -2.29. The van der Waals surface area contributed by atoms with Crippen LogP contribution in [0.2, 0.25) is 15.1 Å². The van der Waals surface area contributed by atoms with E-state index >= 15 is 0 Å². The van der Waals surface area contributed by atoms with Gasteiger partial charge in [-0.15, -0.1) is 0 Å². The van der Waals surface area contributed by atoms with Gasteiger partial charge in [-0.25, -0.2) is 8.42 Å². The SMILES string of the molecule is N#CC1(NC(=O)[C@@H]2C[C@@H](S(=O)(=O)c3ccccc3Cl)CN2C(=O)C2(c3ccc(Cl)cc3Cl)CC2)CC1. The number of rotatable bonds is 6. The van der Waals surface area contributed by atoms with Gasteiger partial charge in [-0.2, -0.15) is 5.26 Å². The third-order valence-electron chi connectivity index (χ3n) is 7.34. The number of hydrogen-bond donors (Lipinski definition) is 1. The number of nitrogens with one attached hydrogen (secondary N) is 1. The Hall–Kier alpha value is -2.31. The summed E-state index contributed by atoms with van der Waals surface area (Å²) in [7, 11) is -3.95. The quantitative estimate of drug-likeness (QED) is 0.561. The minimum Gasteiger partial charge on any atom is -0.336 e. The van der Waals surface area contributed by atoms with Crippen LogP contribution in [0.25, 0.3) is 0 Å². The molecule has 0 aromatic heterocycles. The second kappa shape index (κ2) is 8.91. The fourth-order valence-electron chi connectivity index (χ4n) is 4.94. The fourth-order valence-corrected chi connectivity index (χ4v) is 7.74. The van der Waals surface area contributed by atoms with Crippen molar-refractivity contribution in [2.45, 2.75) is 59.2 Å². The van der Waals surface area contributed by atoms with E-state index in [0.29, 0.717) is 41.3 Å². The van der Waals surface area contributed by atoms with E-state index in [1.165, 1.54) is 17.0 Å². The summed E-state index contributed by atoms with van der Waals surface area (Å²) in [5, 5.41) is 12.0. The van der Waals surface area contributed by atoms with Gasteiger partial charge in [0.15, 0.2) is 9.84 Å². The van der Waals surface area contributed by atoms with Crippen molar-refractivity contribution in [3.8, 4) is 6.07 Å². The lowest BCUT2D eigenvalue weighted by molar-refractivity contribution is -0.140. The second-order valence-corrected chi connectivity index (χ2v) is 13.1. The van der Waals surface area contributed by atoms with Crippen molar-refractivity contribution in [1.82, 2.24) is 10.2 Å². The van der Waals surface area contributed by atoms with Gasteiger partial charge >= 0.3 is 0 Å². The first-order valence-corrected chi connectivity index (χ1v) is 14.2. The number of carbonyl (C=O) groups excluding carboxylic acids is 2. The van der Waals surface area contributed by atoms with E-state index in [-0.39, 0.29) is 28.8 Å². The van der Waals surface area contributed by atoms with Gasteiger partial charge in [-0.3, -0.25) is 9.59 Å². The normalized spacial score (nSPS) is 23.6. The smallest absolute Gasteiger partial charge is 0.244 e. The van der Waals surface area contributed by atoms with Crippen LogP contribution < -0.4 is 5.32 Å². The number of hydrogen-bond acceptors (Lipinski definition) is 5. The summed E-state index contributed by atoms with van der Waals surface area (Å²) >= 11 is 18.7. The van der Waals surface area contributed by atoms with E-state index < -0.39 is 38.0 Å². The van der Waals surface area contributed by atoms with Gasteiger partial charge in [0, 0.05) is 16.6 Å². The Kier molecular flexibility index (Phi) is 6.27. The Morgan fingerprint density at radius 2 is 1.72 bits per heavy atom. The van der Waals surface area contributed by atoms with Gasteiger partial charge in [0.1, 0.15) is 11.6 Å². The molecule has 5 rings (SSSR count). The van der Waals surface area contributed by atoms with Crippen LogP contribution in [0, 0.1) is 11.3 Å². The molecule has 0 unspecified atom stereocenters. The number of benzene rings is 2. The largest absolute Gasteiger partial charge is 0.336 e. The maximum absolute atomic E-state index is 14.0. The molecule has 0 bridgehead atoms.